The predicted molar refractivity (Wildman–Crippen MR) is 75.1 cm³/mol. The molecule has 0 aromatic heterocycles. The maximum absolute atomic E-state index is 11.5. The van der Waals surface area contributed by atoms with Crippen molar-refractivity contribution >= 4 is 11.6 Å². The van der Waals surface area contributed by atoms with Gasteiger partial charge in [0.15, 0.2) is 0 Å². The van der Waals surface area contributed by atoms with Crippen LogP contribution >= 0.6 is 0 Å². The van der Waals surface area contributed by atoms with Gasteiger partial charge in [0.2, 0.25) is 5.91 Å². The fraction of sp³-hybridized carbons (Fsp3) is 0.500. The van der Waals surface area contributed by atoms with Crippen LogP contribution in [0.15, 0.2) is 24.3 Å². The van der Waals surface area contributed by atoms with Gasteiger partial charge in [0.05, 0.1) is 18.3 Å². The Morgan fingerprint density at radius 2 is 2.16 bits per heavy atom. The molecular formula is C14H22N2O3. The molecule has 5 heteroatoms. The van der Waals surface area contributed by atoms with Gasteiger partial charge in [-0.1, -0.05) is 12.1 Å². The minimum absolute atomic E-state index is 0.00790. The van der Waals surface area contributed by atoms with Crippen LogP contribution in [0.1, 0.15) is 19.8 Å². The van der Waals surface area contributed by atoms with Crippen molar-refractivity contribution in [3.05, 3.63) is 24.3 Å². The van der Waals surface area contributed by atoms with Gasteiger partial charge in [-0.15, -0.1) is 0 Å². The molecule has 106 valence electrons. The second-order valence-electron chi connectivity index (χ2n) is 4.32. The maximum Gasteiger partial charge on any atom is 0.220 e. The lowest BCUT2D eigenvalue weighted by Crippen LogP contribution is -2.28. The number of carbonyl (C=O) groups excluding carboxylic acids is 1. The highest BCUT2D eigenvalue weighted by Gasteiger charge is 2.05. The summed E-state index contributed by atoms with van der Waals surface area (Å²) in [6, 6.07) is 7.29. The Morgan fingerprint density at radius 1 is 1.42 bits per heavy atom. The van der Waals surface area contributed by atoms with Crippen LogP contribution in [-0.2, 0) is 9.53 Å². The predicted octanol–water partition coefficient (Wildman–Crippen LogP) is 1.58. The molecule has 1 rings (SSSR count). The fourth-order valence-corrected chi connectivity index (χ4v) is 1.50. The average Bonchev–Trinajstić information content (AvgIpc) is 2.42. The van der Waals surface area contributed by atoms with Crippen LogP contribution in [0.4, 0.5) is 5.69 Å². The van der Waals surface area contributed by atoms with Gasteiger partial charge < -0.3 is 20.5 Å². The first kappa shape index (κ1) is 15.3. The zero-order valence-electron chi connectivity index (χ0n) is 11.5. The van der Waals surface area contributed by atoms with Gasteiger partial charge >= 0.3 is 0 Å². The number of hydrogen-bond acceptors (Lipinski definition) is 4. The molecule has 0 fully saturated rings. The van der Waals surface area contributed by atoms with Crippen LogP contribution < -0.4 is 15.8 Å². The largest absolute Gasteiger partial charge is 0.490 e. The number of hydrogen-bond donors (Lipinski definition) is 2. The molecule has 0 bridgehead atoms. The van der Waals surface area contributed by atoms with E-state index in [4.69, 9.17) is 15.2 Å². The zero-order chi connectivity index (χ0) is 14.1. The number of benzene rings is 1. The highest BCUT2D eigenvalue weighted by atomic mass is 16.5. The Hall–Kier alpha value is -1.75. The van der Waals surface area contributed by atoms with Gasteiger partial charge in [-0.2, -0.15) is 0 Å². The summed E-state index contributed by atoms with van der Waals surface area (Å²) >= 11 is 0. The number of para-hydroxylation sites is 2. The molecule has 1 atom stereocenters. The van der Waals surface area contributed by atoms with Crippen LogP contribution in [0.5, 0.6) is 5.75 Å². The third kappa shape index (κ3) is 6.10. The molecule has 1 aromatic carbocycles. The molecule has 5 nitrogen and oxygen atoms in total. The third-order valence-electron chi connectivity index (χ3n) is 2.78. The summed E-state index contributed by atoms with van der Waals surface area (Å²) < 4.78 is 10.5. The fourth-order valence-electron chi connectivity index (χ4n) is 1.50. The minimum atomic E-state index is 0.00790. The van der Waals surface area contributed by atoms with Gasteiger partial charge in [-0.3, -0.25) is 4.79 Å². The number of nitrogen functional groups attached to an aromatic ring is 1. The summed E-state index contributed by atoms with van der Waals surface area (Å²) in [5.41, 5.74) is 6.33. The number of ether oxygens (including phenoxy) is 2. The summed E-state index contributed by atoms with van der Waals surface area (Å²) in [6.45, 7) is 2.81. The van der Waals surface area contributed by atoms with E-state index in [1.807, 2.05) is 19.1 Å². The number of carbonyl (C=O) groups is 1. The molecule has 1 amide bonds. The lowest BCUT2D eigenvalue weighted by atomic mass is 10.2. The van der Waals surface area contributed by atoms with E-state index in [-0.39, 0.29) is 12.0 Å². The SMILES string of the molecule is COC(C)CCC(=O)NCCOc1ccccc1N. The number of anilines is 1. The molecule has 1 unspecified atom stereocenters. The first-order valence-corrected chi connectivity index (χ1v) is 6.40. The van der Waals surface area contributed by atoms with Crippen molar-refractivity contribution in [3.8, 4) is 5.75 Å². The van der Waals surface area contributed by atoms with Crippen LogP contribution in [0.3, 0.4) is 0 Å². The second kappa shape index (κ2) is 8.37. The van der Waals surface area contributed by atoms with Gasteiger partial charge in [-0.05, 0) is 25.5 Å². The molecule has 0 spiro atoms. The standard InChI is InChI=1S/C14H22N2O3/c1-11(18-2)7-8-14(17)16-9-10-19-13-6-4-3-5-12(13)15/h3-6,11H,7-10,15H2,1-2H3,(H,16,17). The van der Waals surface area contributed by atoms with Crippen molar-refractivity contribution in [2.45, 2.75) is 25.9 Å². The molecule has 0 aliphatic heterocycles. The average molecular weight is 266 g/mol. The first-order valence-electron chi connectivity index (χ1n) is 6.40. The van der Waals surface area contributed by atoms with E-state index in [0.717, 1.165) is 6.42 Å². The van der Waals surface area contributed by atoms with E-state index < -0.39 is 0 Å². The summed E-state index contributed by atoms with van der Waals surface area (Å²) in [4.78, 5) is 11.5. The van der Waals surface area contributed by atoms with Crippen molar-refractivity contribution in [1.29, 1.82) is 0 Å². The highest BCUT2D eigenvalue weighted by Crippen LogP contribution is 2.19. The minimum Gasteiger partial charge on any atom is -0.490 e. The Labute approximate surface area is 114 Å². The van der Waals surface area contributed by atoms with Crippen LogP contribution in [0.2, 0.25) is 0 Å². The van der Waals surface area contributed by atoms with Crippen molar-refractivity contribution in [2.24, 2.45) is 0 Å². The molecule has 0 saturated heterocycles. The van der Waals surface area contributed by atoms with E-state index in [1.165, 1.54) is 0 Å². The number of amides is 1. The highest BCUT2D eigenvalue weighted by molar-refractivity contribution is 5.75. The topological polar surface area (TPSA) is 73.6 Å². The van der Waals surface area contributed by atoms with Crippen LogP contribution in [0, 0.1) is 0 Å². The Balaban J connectivity index is 2.14. The molecule has 19 heavy (non-hydrogen) atoms. The lowest BCUT2D eigenvalue weighted by molar-refractivity contribution is -0.121. The van der Waals surface area contributed by atoms with Gasteiger partial charge in [0.1, 0.15) is 12.4 Å². The zero-order valence-corrected chi connectivity index (χ0v) is 11.5. The van der Waals surface area contributed by atoms with Crippen LogP contribution in [-0.4, -0.2) is 32.3 Å². The molecule has 0 aliphatic rings. The monoisotopic (exact) mass is 266 g/mol. The quantitative estimate of drug-likeness (QED) is 0.553. The number of nitrogens with one attached hydrogen (secondary N) is 1. The summed E-state index contributed by atoms with van der Waals surface area (Å²) in [6.07, 6.45) is 1.28. The smallest absolute Gasteiger partial charge is 0.220 e. The summed E-state index contributed by atoms with van der Waals surface area (Å²) in [5, 5.41) is 2.79. The molecule has 0 radical (unpaired) electrons. The molecule has 3 N–H and O–H groups in total. The number of nitrogens with two attached hydrogens (primary N) is 1. The van der Waals surface area contributed by atoms with Gasteiger partial charge in [0.25, 0.3) is 0 Å². The molecule has 0 heterocycles. The van der Waals surface area contributed by atoms with E-state index in [0.29, 0.717) is 31.0 Å². The van der Waals surface area contributed by atoms with Crippen LogP contribution in [0.25, 0.3) is 0 Å². The maximum atomic E-state index is 11.5. The Morgan fingerprint density at radius 3 is 2.84 bits per heavy atom. The van der Waals surface area contributed by atoms with Crippen molar-refractivity contribution < 1.29 is 14.3 Å². The molecule has 0 aliphatic carbocycles. The number of rotatable bonds is 8. The van der Waals surface area contributed by atoms with Crippen molar-refractivity contribution in [1.82, 2.24) is 5.32 Å². The van der Waals surface area contributed by atoms with E-state index in [9.17, 15) is 4.79 Å². The number of methoxy groups -OCH3 is 1. The Bertz CT molecular complexity index is 396. The molecule has 0 saturated carbocycles. The first-order chi connectivity index (χ1) is 9.13. The molecular weight excluding hydrogens is 244 g/mol. The van der Waals surface area contributed by atoms with Crippen molar-refractivity contribution in [3.63, 3.8) is 0 Å². The second-order valence-corrected chi connectivity index (χ2v) is 4.32. The lowest BCUT2D eigenvalue weighted by Gasteiger charge is -2.11. The molecule has 1 aromatic rings. The summed E-state index contributed by atoms with van der Waals surface area (Å²) in [7, 11) is 1.64. The van der Waals surface area contributed by atoms with E-state index in [2.05, 4.69) is 5.32 Å². The van der Waals surface area contributed by atoms with Gasteiger partial charge in [0, 0.05) is 13.5 Å². The van der Waals surface area contributed by atoms with Gasteiger partial charge in [-0.25, -0.2) is 0 Å². The van der Waals surface area contributed by atoms with Crippen molar-refractivity contribution in [2.75, 3.05) is 26.0 Å². The van der Waals surface area contributed by atoms with E-state index >= 15 is 0 Å². The normalized spacial score (nSPS) is 11.9. The third-order valence-corrected chi connectivity index (χ3v) is 2.78. The van der Waals surface area contributed by atoms with E-state index in [1.54, 1.807) is 19.2 Å². The Kier molecular flexibility index (Phi) is 6.74. The summed E-state index contributed by atoms with van der Waals surface area (Å²) in [5.74, 6) is 0.651.